The zero-order chi connectivity index (χ0) is 18.3. The van der Waals surface area contributed by atoms with Gasteiger partial charge in [-0.2, -0.15) is 10.2 Å². The molecule has 4 rings (SSSR count). The van der Waals surface area contributed by atoms with Crippen LogP contribution in [0.15, 0.2) is 36.8 Å². The number of nitrogens with one attached hydrogen (secondary N) is 1. The molecule has 0 aliphatic heterocycles. The van der Waals surface area contributed by atoms with Gasteiger partial charge in [-0.15, -0.1) is 0 Å². The number of aryl methyl sites for hydroxylation is 3. The summed E-state index contributed by atoms with van der Waals surface area (Å²) in [5.74, 6) is -0.230. The average Bonchev–Trinajstić information content (AvgIpc) is 3.20. The number of rotatable bonds is 4. The maximum absolute atomic E-state index is 14.8. The predicted molar refractivity (Wildman–Crippen MR) is 100 cm³/mol. The van der Waals surface area contributed by atoms with Crippen LogP contribution in [0, 0.1) is 12.7 Å². The number of pyridine rings is 1. The Morgan fingerprint density at radius 3 is 2.73 bits per heavy atom. The molecule has 1 aromatic carbocycles. The van der Waals surface area contributed by atoms with Crippen molar-refractivity contribution < 1.29 is 4.39 Å². The van der Waals surface area contributed by atoms with E-state index in [1.54, 1.807) is 23.1 Å². The van der Waals surface area contributed by atoms with Crippen LogP contribution < -0.4 is 0 Å². The maximum atomic E-state index is 14.8. The van der Waals surface area contributed by atoms with Crippen molar-refractivity contribution in [2.45, 2.75) is 26.7 Å². The summed E-state index contributed by atoms with van der Waals surface area (Å²) in [6.07, 6.45) is 7.24. The van der Waals surface area contributed by atoms with E-state index in [2.05, 4.69) is 27.2 Å². The number of benzene rings is 1. The highest BCUT2D eigenvalue weighted by Crippen LogP contribution is 2.32. The smallest absolute Gasteiger partial charge is 0.133 e. The van der Waals surface area contributed by atoms with E-state index in [4.69, 9.17) is 0 Å². The van der Waals surface area contributed by atoms with Crippen molar-refractivity contribution in [1.82, 2.24) is 25.0 Å². The summed E-state index contributed by atoms with van der Waals surface area (Å²) in [7, 11) is 1.86. The summed E-state index contributed by atoms with van der Waals surface area (Å²) in [4.78, 5) is 4.45. The van der Waals surface area contributed by atoms with Gasteiger partial charge in [0.1, 0.15) is 11.5 Å². The molecule has 3 heterocycles. The van der Waals surface area contributed by atoms with E-state index in [0.717, 1.165) is 46.1 Å². The molecule has 0 atom stereocenters. The minimum atomic E-state index is -0.230. The second-order valence-electron chi connectivity index (χ2n) is 6.61. The van der Waals surface area contributed by atoms with Crippen LogP contribution in [-0.4, -0.2) is 25.0 Å². The molecule has 0 spiro atoms. The van der Waals surface area contributed by atoms with Gasteiger partial charge in [0.25, 0.3) is 0 Å². The first-order chi connectivity index (χ1) is 12.6. The Hall–Kier alpha value is -3.02. The van der Waals surface area contributed by atoms with Crippen molar-refractivity contribution in [3.05, 3.63) is 53.7 Å². The number of hydrogen-bond donors (Lipinski definition) is 1. The van der Waals surface area contributed by atoms with E-state index < -0.39 is 0 Å². The number of nitrogens with zero attached hydrogens (tertiary/aromatic N) is 4. The van der Waals surface area contributed by atoms with Crippen molar-refractivity contribution in [2.75, 3.05) is 0 Å². The zero-order valence-electron chi connectivity index (χ0n) is 15.0. The van der Waals surface area contributed by atoms with Crippen LogP contribution in [0.5, 0.6) is 0 Å². The summed E-state index contributed by atoms with van der Waals surface area (Å²) in [6, 6.07) is 5.56. The van der Waals surface area contributed by atoms with Crippen LogP contribution in [0.2, 0.25) is 0 Å². The van der Waals surface area contributed by atoms with Gasteiger partial charge >= 0.3 is 0 Å². The highest BCUT2D eigenvalue weighted by molar-refractivity contribution is 5.94. The van der Waals surface area contributed by atoms with E-state index in [9.17, 15) is 4.39 Å². The fourth-order valence-corrected chi connectivity index (χ4v) is 3.39. The largest absolute Gasteiger partial charge is 0.276 e. The van der Waals surface area contributed by atoms with Gasteiger partial charge in [-0.1, -0.05) is 19.4 Å². The van der Waals surface area contributed by atoms with Crippen LogP contribution in [0.4, 0.5) is 4.39 Å². The second-order valence-corrected chi connectivity index (χ2v) is 6.61. The number of H-pyrrole nitrogens is 1. The Morgan fingerprint density at radius 1 is 1.19 bits per heavy atom. The molecule has 0 saturated carbocycles. The molecule has 5 nitrogen and oxygen atoms in total. The molecule has 0 saturated heterocycles. The minimum absolute atomic E-state index is 0.230. The molecule has 1 N–H and O–H groups in total. The molecule has 0 fully saturated rings. The molecule has 4 aromatic rings. The Bertz CT molecular complexity index is 1070. The van der Waals surface area contributed by atoms with Crippen LogP contribution in [-0.2, 0) is 13.5 Å². The molecule has 0 unspecified atom stereocenters. The van der Waals surface area contributed by atoms with Gasteiger partial charge in [-0.05, 0) is 36.6 Å². The molecular formula is C20H20FN5. The fourth-order valence-electron chi connectivity index (χ4n) is 3.39. The fraction of sp³-hybridized carbons (Fsp3) is 0.250. The number of halogens is 1. The Balaban J connectivity index is 1.86. The van der Waals surface area contributed by atoms with Gasteiger partial charge in [-0.25, -0.2) is 4.39 Å². The number of hydrogen-bond acceptors (Lipinski definition) is 3. The van der Waals surface area contributed by atoms with Gasteiger partial charge in [0.2, 0.25) is 0 Å². The van der Waals surface area contributed by atoms with Crippen molar-refractivity contribution in [3.8, 4) is 22.5 Å². The van der Waals surface area contributed by atoms with Gasteiger partial charge in [-0.3, -0.25) is 14.8 Å². The lowest BCUT2D eigenvalue weighted by Gasteiger charge is -2.10. The molecule has 0 aliphatic carbocycles. The van der Waals surface area contributed by atoms with Gasteiger partial charge < -0.3 is 0 Å². The van der Waals surface area contributed by atoms with Crippen LogP contribution in [0.1, 0.15) is 24.5 Å². The molecule has 6 heteroatoms. The molecule has 0 amide bonds. The number of aromatic nitrogens is 5. The van der Waals surface area contributed by atoms with Crippen molar-refractivity contribution >= 4 is 10.9 Å². The minimum Gasteiger partial charge on any atom is -0.276 e. The van der Waals surface area contributed by atoms with Crippen LogP contribution in [0.25, 0.3) is 33.4 Å². The van der Waals surface area contributed by atoms with Crippen molar-refractivity contribution in [2.24, 2.45) is 7.05 Å². The number of fused-ring (bicyclic) bond motifs is 1. The number of aromatic amines is 1. The molecular weight excluding hydrogens is 329 g/mol. The Labute approximate surface area is 150 Å². The lowest BCUT2D eigenvalue weighted by Crippen LogP contribution is -1.95. The van der Waals surface area contributed by atoms with E-state index >= 15 is 0 Å². The third kappa shape index (κ3) is 2.77. The molecule has 0 radical (unpaired) electrons. The molecule has 26 heavy (non-hydrogen) atoms. The van der Waals surface area contributed by atoms with E-state index in [-0.39, 0.29) is 5.82 Å². The highest BCUT2D eigenvalue weighted by Gasteiger charge is 2.16. The summed E-state index contributed by atoms with van der Waals surface area (Å²) in [5, 5.41) is 12.5. The van der Waals surface area contributed by atoms with Crippen LogP contribution in [0.3, 0.4) is 0 Å². The quantitative estimate of drug-likeness (QED) is 0.593. The molecule has 3 aromatic heterocycles. The Kier molecular flexibility index (Phi) is 4.03. The first-order valence-corrected chi connectivity index (χ1v) is 8.69. The second kappa shape index (κ2) is 6.37. The van der Waals surface area contributed by atoms with Crippen LogP contribution >= 0.6 is 0 Å². The maximum Gasteiger partial charge on any atom is 0.133 e. The van der Waals surface area contributed by atoms with Crippen molar-refractivity contribution in [1.29, 1.82) is 0 Å². The van der Waals surface area contributed by atoms with Gasteiger partial charge in [0.15, 0.2) is 0 Å². The zero-order valence-corrected chi connectivity index (χ0v) is 15.0. The highest BCUT2D eigenvalue weighted by atomic mass is 19.1. The third-order valence-corrected chi connectivity index (χ3v) is 4.57. The molecule has 0 aliphatic rings. The molecule has 132 valence electrons. The topological polar surface area (TPSA) is 59.4 Å². The van der Waals surface area contributed by atoms with E-state index in [1.807, 2.05) is 32.3 Å². The van der Waals surface area contributed by atoms with E-state index in [0.29, 0.717) is 11.3 Å². The monoisotopic (exact) mass is 349 g/mol. The normalized spacial score (nSPS) is 11.4. The van der Waals surface area contributed by atoms with Gasteiger partial charge in [0, 0.05) is 29.8 Å². The van der Waals surface area contributed by atoms with Gasteiger partial charge in [0.05, 0.1) is 23.6 Å². The summed E-state index contributed by atoms with van der Waals surface area (Å²) < 4.78 is 16.5. The summed E-state index contributed by atoms with van der Waals surface area (Å²) >= 11 is 0. The van der Waals surface area contributed by atoms with Crippen molar-refractivity contribution in [3.63, 3.8) is 0 Å². The molecule has 0 bridgehead atoms. The first-order valence-electron chi connectivity index (χ1n) is 8.69. The predicted octanol–water partition coefficient (Wildman–Crippen LogP) is 4.43. The lowest BCUT2D eigenvalue weighted by molar-refractivity contribution is 0.626. The third-order valence-electron chi connectivity index (χ3n) is 4.57. The lowest BCUT2D eigenvalue weighted by atomic mass is 9.98. The summed E-state index contributed by atoms with van der Waals surface area (Å²) in [5.41, 5.74) is 5.59. The summed E-state index contributed by atoms with van der Waals surface area (Å²) in [6.45, 7) is 4.02. The average molecular weight is 349 g/mol. The standard InChI is InChI=1S/C20H20FN5/c1-4-5-13-6-12(2)19(16(21)7-13)17-8-15-18(10-22-17)24-25-20(15)14-9-23-26(3)11-14/h6-11H,4-5H2,1-3H3,(H,24,25). The first kappa shape index (κ1) is 16.4. The Morgan fingerprint density at radius 2 is 2.04 bits per heavy atom. The SMILES string of the molecule is CCCc1cc(C)c(-c2cc3c(-c4cnn(C)c4)n[nH]c3cn2)c(F)c1. The van der Waals surface area contributed by atoms with E-state index in [1.165, 1.54) is 0 Å².